The van der Waals surface area contributed by atoms with Crippen LogP contribution in [0.2, 0.25) is 0 Å². The van der Waals surface area contributed by atoms with Crippen molar-refractivity contribution in [3.8, 4) is 0 Å². The summed E-state index contributed by atoms with van der Waals surface area (Å²) in [6.45, 7) is 0.557. The minimum absolute atomic E-state index is 0.379. The van der Waals surface area contributed by atoms with E-state index in [1.165, 1.54) is 19.3 Å². The molecule has 2 rings (SSSR count). The summed E-state index contributed by atoms with van der Waals surface area (Å²) < 4.78 is 10.8. The number of ether oxygens (including phenoxy) is 1. The number of nitrogens with one attached hydrogen (secondary N) is 1. The lowest BCUT2D eigenvalue weighted by atomic mass is 9.79. The van der Waals surface area contributed by atoms with Crippen molar-refractivity contribution in [2.24, 2.45) is 5.92 Å². The highest BCUT2D eigenvalue weighted by molar-refractivity contribution is 5.12. The molecule has 84 valence electrons. The zero-order valence-electron chi connectivity index (χ0n) is 9.45. The Hall–Kier alpha value is -0.800. The molecule has 1 fully saturated rings. The SMILES string of the molecule is CNC(c1ccc(COC)o1)C1CCC1. The molecule has 1 aliphatic carbocycles. The first-order valence-corrected chi connectivity index (χ1v) is 5.60. The number of furan rings is 1. The minimum Gasteiger partial charge on any atom is -0.462 e. The Morgan fingerprint density at radius 3 is 2.87 bits per heavy atom. The molecule has 0 radical (unpaired) electrons. The fraction of sp³-hybridized carbons (Fsp3) is 0.667. The minimum atomic E-state index is 0.379. The zero-order valence-corrected chi connectivity index (χ0v) is 9.45. The molecule has 1 aliphatic rings. The van der Waals surface area contributed by atoms with Gasteiger partial charge in [0.2, 0.25) is 0 Å². The van der Waals surface area contributed by atoms with Gasteiger partial charge in [-0.3, -0.25) is 0 Å². The van der Waals surface area contributed by atoms with Crippen molar-refractivity contribution < 1.29 is 9.15 Å². The summed E-state index contributed by atoms with van der Waals surface area (Å²) in [5.41, 5.74) is 0. The van der Waals surface area contributed by atoms with E-state index in [0.717, 1.165) is 17.4 Å². The highest BCUT2D eigenvalue weighted by Crippen LogP contribution is 2.37. The fourth-order valence-corrected chi connectivity index (χ4v) is 2.16. The van der Waals surface area contributed by atoms with Gasteiger partial charge < -0.3 is 14.5 Å². The molecule has 1 aromatic rings. The van der Waals surface area contributed by atoms with Crippen LogP contribution >= 0.6 is 0 Å². The average molecular weight is 209 g/mol. The Bertz CT molecular complexity index is 304. The van der Waals surface area contributed by atoms with Crippen molar-refractivity contribution in [2.75, 3.05) is 14.2 Å². The van der Waals surface area contributed by atoms with Gasteiger partial charge in [-0.05, 0) is 37.9 Å². The van der Waals surface area contributed by atoms with Gasteiger partial charge in [-0.2, -0.15) is 0 Å². The topological polar surface area (TPSA) is 34.4 Å². The van der Waals surface area contributed by atoms with Crippen LogP contribution in [0.25, 0.3) is 0 Å². The number of rotatable bonds is 5. The zero-order chi connectivity index (χ0) is 10.7. The monoisotopic (exact) mass is 209 g/mol. The molecule has 0 aliphatic heterocycles. The van der Waals surface area contributed by atoms with Crippen molar-refractivity contribution in [1.82, 2.24) is 5.32 Å². The first-order valence-electron chi connectivity index (χ1n) is 5.60. The van der Waals surface area contributed by atoms with Gasteiger partial charge in [-0.25, -0.2) is 0 Å². The van der Waals surface area contributed by atoms with Gasteiger partial charge in [0.25, 0.3) is 0 Å². The van der Waals surface area contributed by atoms with Crippen molar-refractivity contribution in [1.29, 1.82) is 0 Å². The van der Waals surface area contributed by atoms with Gasteiger partial charge in [0.1, 0.15) is 18.1 Å². The number of hydrogen-bond acceptors (Lipinski definition) is 3. The predicted molar refractivity (Wildman–Crippen MR) is 58.6 cm³/mol. The Labute approximate surface area is 90.8 Å². The quantitative estimate of drug-likeness (QED) is 0.809. The van der Waals surface area contributed by atoms with E-state index in [1.807, 2.05) is 13.1 Å². The summed E-state index contributed by atoms with van der Waals surface area (Å²) in [6.07, 6.45) is 3.98. The number of hydrogen-bond donors (Lipinski definition) is 1. The lowest BCUT2D eigenvalue weighted by molar-refractivity contribution is 0.155. The summed E-state index contributed by atoms with van der Waals surface area (Å²) in [7, 11) is 3.69. The van der Waals surface area contributed by atoms with E-state index in [9.17, 15) is 0 Å². The van der Waals surface area contributed by atoms with Crippen LogP contribution in [-0.2, 0) is 11.3 Å². The van der Waals surface area contributed by atoms with Crippen molar-refractivity contribution in [3.05, 3.63) is 23.7 Å². The third-order valence-corrected chi connectivity index (χ3v) is 3.21. The van der Waals surface area contributed by atoms with Crippen molar-refractivity contribution >= 4 is 0 Å². The first kappa shape index (κ1) is 10.7. The Kier molecular flexibility index (Phi) is 3.44. The molecule has 15 heavy (non-hydrogen) atoms. The third-order valence-electron chi connectivity index (χ3n) is 3.21. The first-order chi connectivity index (χ1) is 7.35. The van der Waals surface area contributed by atoms with Crippen LogP contribution < -0.4 is 5.32 Å². The fourth-order valence-electron chi connectivity index (χ4n) is 2.16. The summed E-state index contributed by atoms with van der Waals surface area (Å²) >= 11 is 0. The van der Waals surface area contributed by atoms with E-state index in [-0.39, 0.29) is 0 Å². The van der Waals surface area contributed by atoms with Gasteiger partial charge in [-0.1, -0.05) is 6.42 Å². The molecule has 1 unspecified atom stereocenters. The second-order valence-electron chi connectivity index (χ2n) is 4.19. The maximum Gasteiger partial charge on any atom is 0.129 e. The van der Waals surface area contributed by atoms with Crippen LogP contribution in [0.4, 0.5) is 0 Å². The molecule has 3 nitrogen and oxygen atoms in total. The molecule has 0 bridgehead atoms. The molecular weight excluding hydrogens is 190 g/mol. The molecule has 0 amide bonds. The van der Waals surface area contributed by atoms with Crippen molar-refractivity contribution in [2.45, 2.75) is 31.9 Å². The predicted octanol–water partition coefficient (Wildman–Crippen LogP) is 2.49. The van der Waals surface area contributed by atoms with Gasteiger partial charge in [0, 0.05) is 7.11 Å². The van der Waals surface area contributed by atoms with E-state index in [2.05, 4.69) is 11.4 Å². The van der Waals surface area contributed by atoms with E-state index in [0.29, 0.717) is 12.6 Å². The van der Waals surface area contributed by atoms with Gasteiger partial charge in [0.05, 0.1) is 6.04 Å². The van der Waals surface area contributed by atoms with Crippen LogP contribution in [0.15, 0.2) is 16.5 Å². The summed E-state index contributed by atoms with van der Waals surface area (Å²) in [5, 5.41) is 3.34. The van der Waals surface area contributed by atoms with Crippen LogP contribution in [-0.4, -0.2) is 14.2 Å². The molecule has 0 spiro atoms. The largest absolute Gasteiger partial charge is 0.462 e. The van der Waals surface area contributed by atoms with Crippen LogP contribution in [0.5, 0.6) is 0 Å². The van der Waals surface area contributed by atoms with Crippen LogP contribution in [0.3, 0.4) is 0 Å². The molecule has 0 aromatic carbocycles. The normalized spacial score (nSPS) is 18.8. The summed E-state index contributed by atoms with van der Waals surface area (Å²) in [5.74, 6) is 2.71. The summed E-state index contributed by atoms with van der Waals surface area (Å²) in [6, 6.07) is 4.44. The lowest BCUT2D eigenvalue weighted by Gasteiger charge is -2.32. The highest BCUT2D eigenvalue weighted by Gasteiger charge is 2.29. The molecule has 3 heteroatoms. The van der Waals surface area contributed by atoms with E-state index < -0.39 is 0 Å². The van der Waals surface area contributed by atoms with Crippen LogP contribution in [0.1, 0.15) is 36.8 Å². The number of methoxy groups -OCH3 is 1. The molecule has 1 heterocycles. The van der Waals surface area contributed by atoms with E-state index in [4.69, 9.17) is 9.15 Å². The lowest BCUT2D eigenvalue weighted by Crippen LogP contribution is -2.29. The van der Waals surface area contributed by atoms with Gasteiger partial charge in [0.15, 0.2) is 0 Å². The standard InChI is InChI=1S/C12H19NO2/c1-13-12(9-4-3-5-9)11-7-6-10(15-11)8-14-2/h6-7,9,12-13H,3-5,8H2,1-2H3. The average Bonchev–Trinajstić information content (AvgIpc) is 2.60. The smallest absolute Gasteiger partial charge is 0.129 e. The molecule has 1 N–H and O–H groups in total. The maximum atomic E-state index is 5.75. The molecular formula is C12H19NO2. The molecule has 1 aromatic heterocycles. The molecule has 1 atom stereocenters. The van der Waals surface area contributed by atoms with Crippen LogP contribution in [0, 0.1) is 5.92 Å². The van der Waals surface area contributed by atoms with Gasteiger partial charge in [-0.15, -0.1) is 0 Å². The highest BCUT2D eigenvalue weighted by atomic mass is 16.5. The Balaban J connectivity index is 2.04. The van der Waals surface area contributed by atoms with E-state index >= 15 is 0 Å². The van der Waals surface area contributed by atoms with Crippen molar-refractivity contribution in [3.63, 3.8) is 0 Å². The Morgan fingerprint density at radius 2 is 2.33 bits per heavy atom. The molecule has 1 saturated carbocycles. The third kappa shape index (κ3) is 2.24. The van der Waals surface area contributed by atoms with Gasteiger partial charge >= 0.3 is 0 Å². The second kappa shape index (κ2) is 4.81. The summed E-state index contributed by atoms with van der Waals surface area (Å²) in [4.78, 5) is 0. The second-order valence-corrected chi connectivity index (χ2v) is 4.19. The molecule has 0 saturated heterocycles. The maximum absolute atomic E-state index is 5.75. The van der Waals surface area contributed by atoms with E-state index in [1.54, 1.807) is 7.11 Å². The Morgan fingerprint density at radius 1 is 1.53 bits per heavy atom.